The van der Waals surface area contributed by atoms with E-state index in [-0.39, 0.29) is 6.04 Å². The summed E-state index contributed by atoms with van der Waals surface area (Å²) in [5.41, 5.74) is 8.80. The summed E-state index contributed by atoms with van der Waals surface area (Å²) in [7, 11) is 0. The standard InChI is InChI=1S/C13H19NO/c1-4-10-6-5-7-11(13(10)15)12(14)8-9(2)3/h5-7,12,15H,2,4,8,14H2,1,3H3/t12-/m0/s1. The van der Waals surface area contributed by atoms with Crippen LogP contribution in [0.2, 0.25) is 0 Å². The average molecular weight is 205 g/mol. The summed E-state index contributed by atoms with van der Waals surface area (Å²) in [6.07, 6.45) is 1.53. The number of hydrogen-bond acceptors (Lipinski definition) is 2. The summed E-state index contributed by atoms with van der Waals surface area (Å²) in [5, 5.41) is 9.96. The summed E-state index contributed by atoms with van der Waals surface area (Å²) >= 11 is 0. The Morgan fingerprint density at radius 3 is 2.73 bits per heavy atom. The quantitative estimate of drug-likeness (QED) is 0.742. The molecule has 0 spiro atoms. The number of aryl methyl sites for hydroxylation is 1. The third-order valence-corrected chi connectivity index (χ3v) is 2.50. The Kier molecular flexibility index (Phi) is 3.92. The van der Waals surface area contributed by atoms with Gasteiger partial charge < -0.3 is 10.8 Å². The predicted octanol–water partition coefficient (Wildman–Crippen LogP) is 2.92. The molecule has 0 unspecified atom stereocenters. The van der Waals surface area contributed by atoms with Crippen molar-refractivity contribution >= 4 is 0 Å². The third-order valence-electron chi connectivity index (χ3n) is 2.50. The smallest absolute Gasteiger partial charge is 0.123 e. The monoisotopic (exact) mass is 205 g/mol. The highest BCUT2D eigenvalue weighted by Gasteiger charge is 2.12. The van der Waals surface area contributed by atoms with E-state index in [1.807, 2.05) is 32.0 Å². The summed E-state index contributed by atoms with van der Waals surface area (Å²) in [6.45, 7) is 7.79. The van der Waals surface area contributed by atoms with E-state index < -0.39 is 0 Å². The molecular weight excluding hydrogens is 186 g/mol. The van der Waals surface area contributed by atoms with Gasteiger partial charge in [-0.15, -0.1) is 6.58 Å². The van der Waals surface area contributed by atoms with E-state index in [0.29, 0.717) is 12.2 Å². The summed E-state index contributed by atoms with van der Waals surface area (Å²) in [4.78, 5) is 0. The zero-order valence-electron chi connectivity index (χ0n) is 9.46. The summed E-state index contributed by atoms with van der Waals surface area (Å²) < 4.78 is 0. The molecule has 0 aliphatic carbocycles. The summed E-state index contributed by atoms with van der Waals surface area (Å²) in [5.74, 6) is 0.341. The van der Waals surface area contributed by atoms with Gasteiger partial charge in [0.15, 0.2) is 0 Å². The fourth-order valence-corrected chi connectivity index (χ4v) is 1.68. The van der Waals surface area contributed by atoms with Crippen molar-refractivity contribution in [2.75, 3.05) is 0 Å². The van der Waals surface area contributed by atoms with E-state index in [2.05, 4.69) is 6.58 Å². The Labute approximate surface area is 91.4 Å². The van der Waals surface area contributed by atoms with Crippen molar-refractivity contribution in [1.82, 2.24) is 0 Å². The molecule has 0 aromatic heterocycles. The molecule has 2 nitrogen and oxygen atoms in total. The molecule has 0 amide bonds. The Morgan fingerprint density at radius 2 is 2.20 bits per heavy atom. The first-order valence-corrected chi connectivity index (χ1v) is 5.27. The topological polar surface area (TPSA) is 46.2 Å². The van der Waals surface area contributed by atoms with Crippen molar-refractivity contribution in [3.63, 3.8) is 0 Å². The van der Waals surface area contributed by atoms with Crippen LogP contribution in [-0.2, 0) is 6.42 Å². The van der Waals surface area contributed by atoms with E-state index in [1.54, 1.807) is 0 Å². The van der Waals surface area contributed by atoms with Crippen LogP contribution in [0.4, 0.5) is 0 Å². The van der Waals surface area contributed by atoms with Crippen molar-refractivity contribution < 1.29 is 5.11 Å². The maximum Gasteiger partial charge on any atom is 0.123 e. The molecule has 1 aromatic carbocycles. The van der Waals surface area contributed by atoms with E-state index in [4.69, 9.17) is 5.73 Å². The van der Waals surface area contributed by atoms with Gasteiger partial charge >= 0.3 is 0 Å². The molecular formula is C13H19NO. The van der Waals surface area contributed by atoms with Gasteiger partial charge in [-0.05, 0) is 25.3 Å². The van der Waals surface area contributed by atoms with Crippen LogP contribution in [0.3, 0.4) is 0 Å². The zero-order valence-corrected chi connectivity index (χ0v) is 9.46. The van der Waals surface area contributed by atoms with Gasteiger partial charge in [-0.25, -0.2) is 0 Å². The highest BCUT2D eigenvalue weighted by molar-refractivity contribution is 5.42. The lowest BCUT2D eigenvalue weighted by molar-refractivity contribution is 0.455. The lowest BCUT2D eigenvalue weighted by atomic mass is 9.97. The molecule has 0 aliphatic rings. The Hall–Kier alpha value is -1.28. The summed E-state index contributed by atoms with van der Waals surface area (Å²) in [6, 6.07) is 5.58. The SMILES string of the molecule is C=C(C)C[C@H](N)c1cccc(CC)c1O. The number of para-hydroxylation sites is 1. The first-order valence-electron chi connectivity index (χ1n) is 5.27. The largest absolute Gasteiger partial charge is 0.507 e. The molecule has 0 heterocycles. The van der Waals surface area contributed by atoms with Crippen LogP contribution in [-0.4, -0.2) is 5.11 Å². The maximum absolute atomic E-state index is 9.96. The molecule has 0 saturated heterocycles. The fraction of sp³-hybridized carbons (Fsp3) is 0.385. The molecule has 1 rings (SSSR count). The highest BCUT2D eigenvalue weighted by atomic mass is 16.3. The maximum atomic E-state index is 9.96. The minimum absolute atomic E-state index is 0.158. The van der Waals surface area contributed by atoms with Crippen molar-refractivity contribution in [3.8, 4) is 5.75 Å². The molecule has 1 aromatic rings. The van der Waals surface area contributed by atoms with E-state index in [1.165, 1.54) is 0 Å². The zero-order chi connectivity index (χ0) is 11.4. The van der Waals surface area contributed by atoms with Crippen LogP contribution >= 0.6 is 0 Å². The number of phenols is 1. The van der Waals surface area contributed by atoms with Gasteiger partial charge in [0.25, 0.3) is 0 Å². The van der Waals surface area contributed by atoms with Gasteiger partial charge in [0, 0.05) is 11.6 Å². The van der Waals surface area contributed by atoms with Gasteiger partial charge in [-0.2, -0.15) is 0 Å². The Bertz CT molecular complexity index is 358. The van der Waals surface area contributed by atoms with E-state index in [9.17, 15) is 5.11 Å². The normalized spacial score (nSPS) is 12.5. The number of benzene rings is 1. The van der Waals surface area contributed by atoms with Crippen LogP contribution < -0.4 is 5.73 Å². The van der Waals surface area contributed by atoms with Gasteiger partial charge in [0.1, 0.15) is 5.75 Å². The van der Waals surface area contributed by atoms with Crippen molar-refractivity contribution in [2.24, 2.45) is 5.73 Å². The molecule has 15 heavy (non-hydrogen) atoms. The first kappa shape index (κ1) is 11.8. The molecule has 82 valence electrons. The molecule has 0 radical (unpaired) electrons. The first-order chi connectivity index (χ1) is 7.06. The number of rotatable bonds is 4. The number of aromatic hydroxyl groups is 1. The van der Waals surface area contributed by atoms with Gasteiger partial charge in [-0.3, -0.25) is 0 Å². The van der Waals surface area contributed by atoms with Crippen LogP contribution in [0.5, 0.6) is 5.75 Å². The average Bonchev–Trinajstić information content (AvgIpc) is 2.17. The van der Waals surface area contributed by atoms with Crippen molar-refractivity contribution in [1.29, 1.82) is 0 Å². The van der Waals surface area contributed by atoms with E-state index >= 15 is 0 Å². The molecule has 0 bridgehead atoms. The number of phenolic OH excluding ortho intramolecular Hbond substituents is 1. The molecule has 3 N–H and O–H groups in total. The second-order valence-corrected chi connectivity index (χ2v) is 3.98. The third kappa shape index (κ3) is 2.83. The van der Waals surface area contributed by atoms with Crippen LogP contribution in [0.1, 0.15) is 37.4 Å². The van der Waals surface area contributed by atoms with Crippen molar-refractivity contribution in [2.45, 2.75) is 32.7 Å². The number of hydrogen-bond donors (Lipinski definition) is 2. The lowest BCUT2D eigenvalue weighted by Crippen LogP contribution is -2.11. The Morgan fingerprint density at radius 1 is 1.53 bits per heavy atom. The minimum atomic E-state index is -0.158. The van der Waals surface area contributed by atoms with Gasteiger partial charge in [-0.1, -0.05) is 30.7 Å². The van der Waals surface area contributed by atoms with Crippen LogP contribution in [0.15, 0.2) is 30.4 Å². The van der Waals surface area contributed by atoms with Crippen molar-refractivity contribution in [3.05, 3.63) is 41.5 Å². The predicted molar refractivity (Wildman–Crippen MR) is 63.8 cm³/mol. The molecule has 2 heteroatoms. The van der Waals surface area contributed by atoms with Gasteiger partial charge in [0.2, 0.25) is 0 Å². The molecule has 1 atom stereocenters. The molecule has 0 aliphatic heterocycles. The fourth-order valence-electron chi connectivity index (χ4n) is 1.68. The second-order valence-electron chi connectivity index (χ2n) is 3.98. The lowest BCUT2D eigenvalue weighted by Gasteiger charge is -2.15. The van der Waals surface area contributed by atoms with Gasteiger partial charge in [0.05, 0.1) is 0 Å². The molecule has 0 saturated carbocycles. The van der Waals surface area contributed by atoms with Crippen LogP contribution in [0.25, 0.3) is 0 Å². The second kappa shape index (κ2) is 4.99. The Balaban J connectivity index is 2.98. The number of nitrogens with two attached hydrogens (primary N) is 1. The van der Waals surface area contributed by atoms with E-state index in [0.717, 1.165) is 23.1 Å². The minimum Gasteiger partial charge on any atom is -0.507 e. The highest BCUT2D eigenvalue weighted by Crippen LogP contribution is 2.29. The molecule has 0 fully saturated rings. The van der Waals surface area contributed by atoms with Crippen LogP contribution in [0, 0.1) is 0 Å².